The van der Waals surface area contributed by atoms with Crippen LogP contribution in [0.3, 0.4) is 0 Å². The van der Waals surface area contributed by atoms with Crippen molar-refractivity contribution in [3.63, 3.8) is 0 Å². The number of anilines is 1. The number of ether oxygens (including phenoxy) is 2. The molecule has 0 bridgehead atoms. The summed E-state index contributed by atoms with van der Waals surface area (Å²) in [5.41, 5.74) is 0.615. The molecule has 0 aliphatic carbocycles. The van der Waals surface area contributed by atoms with Crippen LogP contribution in [-0.2, 0) is 9.47 Å². The van der Waals surface area contributed by atoms with E-state index in [4.69, 9.17) is 9.47 Å². The first-order valence-electron chi connectivity index (χ1n) is 5.46. The van der Waals surface area contributed by atoms with Crippen LogP contribution < -0.4 is 5.32 Å². The fourth-order valence-electron chi connectivity index (χ4n) is 1.76. The van der Waals surface area contributed by atoms with Gasteiger partial charge in [0.25, 0.3) is 0 Å². The zero-order chi connectivity index (χ0) is 12.5. The van der Waals surface area contributed by atoms with Crippen LogP contribution in [0.1, 0.15) is 28.7 Å². The number of rotatable bonds is 3. The Hall–Kier alpha value is -1.14. The number of carbonyl (C=O) groups is 1. The second-order valence-electron chi connectivity index (χ2n) is 4.41. The van der Waals surface area contributed by atoms with Gasteiger partial charge in [-0.3, -0.25) is 0 Å². The lowest BCUT2D eigenvalue weighted by Crippen LogP contribution is -2.34. The number of nitrogens with one attached hydrogen (secondary N) is 1. The number of nitrogens with zero attached hydrogens (tertiary/aromatic N) is 1. The van der Waals surface area contributed by atoms with Crippen molar-refractivity contribution in [3.05, 3.63) is 10.6 Å². The summed E-state index contributed by atoms with van der Waals surface area (Å²) in [5, 5.41) is 4.08. The van der Waals surface area contributed by atoms with E-state index in [1.54, 1.807) is 6.92 Å². The van der Waals surface area contributed by atoms with Gasteiger partial charge in [0.05, 0.1) is 24.9 Å². The maximum absolute atomic E-state index is 11.5. The van der Waals surface area contributed by atoms with Crippen LogP contribution in [0.15, 0.2) is 0 Å². The van der Waals surface area contributed by atoms with Crippen LogP contribution in [-0.4, -0.2) is 36.8 Å². The van der Waals surface area contributed by atoms with Crippen molar-refractivity contribution in [2.45, 2.75) is 25.8 Å². The molecule has 1 aliphatic heterocycles. The molecule has 17 heavy (non-hydrogen) atoms. The zero-order valence-corrected chi connectivity index (χ0v) is 11.0. The van der Waals surface area contributed by atoms with Gasteiger partial charge in [-0.2, -0.15) is 0 Å². The molecular formula is C11H16N2O3S. The summed E-state index contributed by atoms with van der Waals surface area (Å²) < 4.78 is 10.1. The predicted molar refractivity (Wildman–Crippen MR) is 65.7 cm³/mol. The van der Waals surface area contributed by atoms with Gasteiger partial charge in [-0.05, 0) is 20.3 Å². The number of aromatic nitrogens is 1. The molecule has 2 rings (SSSR count). The minimum absolute atomic E-state index is 0.0856. The quantitative estimate of drug-likeness (QED) is 0.836. The first-order chi connectivity index (χ1) is 8.04. The minimum Gasteiger partial charge on any atom is -0.465 e. The van der Waals surface area contributed by atoms with E-state index in [-0.39, 0.29) is 11.5 Å². The third-order valence-corrected chi connectivity index (χ3v) is 3.85. The molecule has 1 atom stereocenters. The molecule has 1 aliphatic rings. The standard InChI is InChI=1S/C11H16N2O3S/c1-7-8(9(14)15-3)17-10(12-7)13-11(2)4-5-16-6-11/h4-6H2,1-3H3,(H,12,13). The maximum Gasteiger partial charge on any atom is 0.350 e. The van der Waals surface area contributed by atoms with Gasteiger partial charge in [0.2, 0.25) is 0 Å². The lowest BCUT2D eigenvalue weighted by molar-refractivity contribution is 0.0605. The molecule has 0 spiro atoms. The maximum atomic E-state index is 11.5. The van der Waals surface area contributed by atoms with Crippen LogP contribution in [0.5, 0.6) is 0 Å². The van der Waals surface area contributed by atoms with Gasteiger partial charge >= 0.3 is 5.97 Å². The Morgan fingerprint density at radius 3 is 3.00 bits per heavy atom. The van der Waals surface area contributed by atoms with Crippen molar-refractivity contribution in [1.82, 2.24) is 4.98 Å². The van der Waals surface area contributed by atoms with Crippen LogP contribution in [0.2, 0.25) is 0 Å². The van der Waals surface area contributed by atoms with Crippen molar-refractivity contribution >= 4 is 22.4 Å². The Labute approximate surface area is 104 Å². The Bertz CT molecular complexity index is 424. The number of hydrogen-bond donors (Lipinski definition) is 1. The molecule has 0 saturated carbocycles. The Kier molecular flexibility index (Phi) is 3.35. The Morgan fingerprint density at radius 1 is 1.65 bits per heavy atom. The summed E-state index contributed by atoms with van der Waals surface area (Å²) in [4.78, 5) is 16.4. The van der Waals surface area contributed by atoms with Gasteiger partial charge in [-0.25, -0.2) is 9.78 Å². The second-order valence-corrected chi connectivity index (χ2v) is 5.41. The highest BCUT2D eigenvalue weighted by Gasteiger charge is 2.31. The fourth-order valence-corrected chi connectivity index (χ4v) is 2.79. The first-order valence-corrected chi connectivity index (χ1v) is 6.27. The normalized spacial score (nSPS) is 23.7. The van der Waals surface area contributed by atoms with Gasteiger partial charge in [-0.1, -0.05) is 11.3 Å². The second kappa shape index (κ2) is 4.62. The summed E-state index contributed by atoms with van der Waals surface area (Å²) in [6.45, 7) is 5.33. The third-order valence-electron chi connectivity index (χ3n) is 2.79. The van der Waals surface area contributed by atoms with Gasteiger partial charge < -0.3 is 14.8 Å². The van der Waals surface area contributed by atoms with Crippen LogP contribution >= 0.6 is 11.3 Å². The number of methoxy groups -OCH3 is 1. The SMILES string of the molecule is COC(=O)c1sc(NC2(C)CCOC2)nc1C. The zero-order valence-electron chi connectivity index (χ0n) is 10.2. The number of carbonyl (C=O) groups excluding carboxylic acids is 1. The first kappa shape index (κ1) is 12.3. The van der Waals surface area contributed by atoms with Crippen LogP contribution in [0.4, 0.5) is 5.13 Å². The average Bonchev–Trinajstić information content (AvgIpc) is 2.85. The number of hydrogen-bond acceptors (Lipinski definition) is 6. The number of thiazole rings is 1. The molecule has 1 saturated heterocycles. The fraction of sp³-hybridized carbons (Fsp3) is 0.636. The van der Waals surface area contributed by atoms with E-state index < -0.39 is 0 Å². The molecule has 0 aromatic carbocycles. The highest BCUT2D eigenvalue weighted by atomic mass is 32.1. The predicted octanol–water partition coefficient (Wildman–Crippen LogP) is 1.83. The molecule has 0 radical (unpaired) electrons. The third kappa shape index (κ3) is 2.58. The summed E-state index contributed by atoms with van der Waals surface area (Å²) in [6.07, 6.45) is 0.944. The van der Waals surface area contributed by atoms with E-state index in [0.29, 0.717) is 17.2 Å². The van der Waals surface area contributed by atoms with Crippen molar-refractivity contribution in [2.24, 2.45) is 0 Å². The van der Waals surface area contributed by atoms with Crippen molar-refractivity contribution < 1.29 is 14.3 Å². The molecule has 1 unspecified atom stereocenters. The lowest BCUT2D eigenvalue weighted by atomic mass is 10.0. The van der Waals surface area contributed by atoms with Gasteiger partial charge in [0, 0.05) is 6.61 Å². The topological polar surface area (TPSA) is 60.5 Å². The Morgan fingerprint density at radius 2 is 2.41 bits per heavy atom. The molecular weight excluding hydrogens is 240 g/mol. The highest BCUT2D eigenvalue weighted by molar-refractivity contribution is 7.17. The van der Waals surface area contributed by atoms with Crippen molar-refractivity contribution in [3.8, 4) is 0 Å². The van der Waals surface area contributed by atoms with Gasteiger partial charge in [-0.15, -0.1) is 0 Å². The summed E-state index contributed by atoms with van der Waals surface area (Å²) in [7, 11) is 1.38. The van der Waals surface area contributed by atoms with E-state index in [9.17, 15) is 4.79 Å². The number of esters is 1. The monoisotopic (exact) mass is 256 g/mol. The lowest BCUT2D eigenvalue weighted by Gasteiger charge is -2.22. The van der Waals surface area contributed by atoms with E-state index in [1.165, 1.54) is 18.4 Å². The molecule has 5 nitrogen and oxygen atoms in total. The molecule has 0 amide bonds. The molecule has 2 heterocycles. The van der Waals surface area contributed by atoms with E-state index >= 15 is 0 Å². The van der Waals surface area contributed by atoms with Gasteiger partial charge in [0.1, 0.15) is 4.88 Å². The van der Waals surface area contributed by atoms with Crippen molar-refractivity contribution in [2.75, 3.05) is 25.6 Å². The average molecular weight is 256 g/mol. The minimum atomic E-state index is -0.333. The van der Waals surface area contributed by atoms with E-state index in [0.717, 1.165) is 18.2 Å². The summed E-state index contributed by atoms with van der Waals surface area (Å²) in [6, 6.07) is 0. The van der Waals surface area contributed by atoms with Crippen LogP contribution in [0, 0.1) is 6.92 Å². The molecule has 94 valence electrons. The number of aryl methyl sites for hydroxylation is 1. The van der Waals surface area contributed by atoms with Crippen molar-refractivity contribution in [1.29, 1.82) is 0 Å². The Balaban J connectivity index is 2.14. The van der Waals surface area contributed by atoms with E-state index in [1.807, 2.05) is 0 Å². The molecule has 1 N–H and O–H groups in total. The summed E-state index contributed by atoms with van der Waals surface area (Å²) in [5.74, 6) is -0.333. The molecule has 1 aromatic rings. The molecule has 1 fully saturated rings. The largest absolute Gasteiger partial charge is 0.465 e. The smallest absolute Gasteiger partial charge is 0.350 e. The molecule has 6 heteroatoms. The van der Waals surface area contributed by atoms with E-state index in [2.05, 4.69) is 17.2 Å². The summed E-state index contributed by atoms with van der Waals surface area (Å²) >= 11 is 1.33. The highest BCUT2D eigenvalue weighted by Crippen LogP contribution is 2.29. The molecule has 1 aromatic heterocycles. The van der Waals surface area contributed by atoms with Gasteiger partial charge in [0.15, 0.2) is 5.13 Å². The van der Waals surface area contributed by atoms with Crippen LogP contribution in [0.25, 0.3) is 0 Å².